The van der Waals surface area contributed by atoms with E-state index in [-0.39, 0.29) is 0 Å². The van der Waals surface area contributed by atoms with E-state index in [0.29, 0.717) is 6.54 Å². The smallest absolute Gasteiger partial charge is 0.316 e. The average Bonchev–Trinajstić information content (AvgIpc) is 3.16. The zero-order valence-corrected chi connectivity index (χ0v) is 14.2. The zero-order valence-electron chi connectivity index (χ0n) is 12.5. The second kappa shape index (κ2) is 5.41. The molecule has 2 aliphatic rings. The number of benzene rings is 1. The SMILES string of the molecule is Cc1ccccc1N1C[C@](O)(c2cccs2)[N+]2=C1SCCC2. The molecular weight excluding hydrogens is 312 g/mol. The molecule has 1 N–H and O–H groups in total. The summed E-state index contributed by atoms with van der Waals surface area (Å²) in [6, 6.07) is 12.5. The molecule has 3 heterocycles. The highest BCUT2D eigenvalue weighted by atomic mass is 32.2. The highest BCUT2D eigenvalue weighted by molar-refractivity contribution is 8.13. The van der Waals surface area contributed by atoms with Crippen molar-refractivity contribution < 1.29 is 9.68 Å². The maximum absolute atomic E-state index is 11.4. The molecule has 0 fully saturated rings. The van der Waals surface area contributed by atoms with Gasteiger partial charge in [0.1, 0.15) is 5.69 Å². The van der Waals surface area contributed by atoms with Crippen molar-refractivity contribution in [1.82, 2.24) is 0 Å². The molecule has 1 aromatic heterocycles. The van der Waals surface area contributed by atoms with Gasteiger partial charge in [-0.1, -0.05) is 24.3 Å². The summed E-state index contributed by atoms with van der Waals surface area (Å²) in [5.74, 6) is 1.12. The summed E-state index contributed by atoms with van der Waals surface area (Å²) in [6.45, 7) is 3.65. The quantitative estimate of drug-likeness (QED) is 0.856. The number of aryl methyl sites for hydroxylation is 1. The van der Waals surface area contributed by atoms with E-state index in [1.165, 1.54) is 16.4 Å². The minimum Gasteiger partial charge on any atom is -0.346 e. The van der Waals surface area contributed by atoms with Crippen molar-refractivity contribution in [2.24, 2.45) is 0 Å². The topological polar surface area (TPSA) is 26.5 Å². The molecule has 0 bridgehead atoms. The predicted octanol–water partition coefficient (Wildman–Crippen LogP) is 3.23. The minimum atomic E-state index is -0.904. The molecule has 1 atom stereocenters. The zero-order chi connectivity index (χ0) is 15.2. The van der Waals surface area contributed by atoms with Crippen LogP contribution in [0, 0.1) is 6.92 Å². The van der Waals surface area contributed by atoms with Crippen LogP contribution >= 0.6 is 23.1 Å². The molecule has 4 rings (SSSR count). The fourth-order valence-electron chi connectivity index (χ4n) is 3.27. The summed E-state index contributed by atoms with van der Waals surface area (Å²) in [6.07, 6.45) is 1.11. The number of hydrogen-bond donors (Lipinski definition) is 1. The summed E-state index contributed by atoms with van der Waals surface area (Å²) >= 11 is 3.49. The third kappa shape index (κ3) is 2.11. The monoisotopic (exact) mass is 331 g/mol. The number of thioether (sulfide) groups is 1. The fraction of sp³-hybridized carbons (Fsp3) is 0.353. The van der Waals surface area contributed by atoms with Crippen LogP contribution in [0.4, 0.5) is 5.69 Å². The first-order valence-electron chi connectivity index (χ1n) is 7.57. The normalized spacial score (nSPS) is 24.7. The Bertz CT molecular complexity index is 726. The molecule has 3 nitrogen and oxygen atoms in total. The van der Waals surface area contributed by atoms with Crippen LogP contribution in [0.2, 0.25) is 0 Å². The predicted molar refractivity (Wildman–Crippen MR) is 94.0 cm³/mol. The Morgan fingerprint density at radius 3 is 2.86 bits per heavy atom. The number of nitrogens with zero attached hydrogens (tertiary/aromatic N) is 2. The molecule has 0 saturated heterocycles. The Morgan fingerprint density at radius 1 is 1.23 bits per heavy atom. The number of anilines is 1. The van der Waals surface area contributed by atoms with E-state index in [4.69, 9.17) is 0 Å². The molecule has 0 spiro atoms. The number of aliphatic hydroxyl groups is 1. The van der Waals surface area contributed by atoms with Crippen LogP contribution in [-0.2, 0) is 5.72 Å². The summed E-state index contributed by atoms with van der Waals surface area (Å²) in [4.78, 5) is 3.32. The van der Waals surface area contributed by atoms with Gasteiger partial charge in [-0.15, -0.1) is 11.3 Å². The van der Waals surface area contributed by atoms with Gasteiger partial charge in [0.05, 0.1) is 11.4 Å². The lowest BCUT2D eigenvalue weighted by Crippen LogP contribution is -2.40. The largest absolute Gasteiger partial charge is 0.346 e. The van der Waals surface area contributed by atoms with E-state index in [9.17, 15) is 5.11 Å². The maximum Gasteiger partial charge on any atom is 0.316 e. The number of hydrogen-bond acceptors (Lipinski definition) is 4. The minimum absolute atomic E-state index is 0.598. The third-order valence-corrected chi connectivity index (χ3v) is 6.57. The van der Waals surface area contributed by atoms with Crippen LogP contribution in [0.25, 0.3) is 0 Å². The summed E-state index contributed by atoms with van der Waals surface area (Å²) in [7, 11) is 0. The van der Waals surface area contributed by atoms with Gasteiger partial charge in [0.15, 0.2) is 6.54 Å². The van der Waals surface area contributed by atoms with Crippen molar-refractivity contribution >= 4 is 34.0 Å². The molecule has 114 valence electrons. The highest BCUT2D eigenvalue weighted by Gasteiger charge is 2.54. The molecule has 2 aliphatic heterocycles. The number of amidine groups is 1. The number of thiophene rings is 1. The van der Waals surface area contributed by atoms with Crippen molar-refractivity contribution in [2.45, 2.75) is 19.1 Å². The van der Waals surface area contributed by atoms with Gasteiger partial charge in [-0.25, -0.2) is 9.48 Å². The Morgan fingerprint density at radius 2 is 2.09 bits per heavy atom. The molecule has 22 heavy (non-hydrogen) atoms. The Labute approximate surface area is 138 Å². The Balaban J connectivity index is 1.83. The van der Waals surface area contributed by atoms with Crippen molar-refractivity contribution in [2.75, 3.05) is 23.7 Å². The van der Waals surface area contributed by atoms with Crippen molar-refractivity contribution in [3.05, 3.63) is 52.2 Å². The van der Waals surface area contributed by atoms with Gasteiger partial charge in [0.25, 0.3) is 5.72 Å². The number of para-hydroxylation sites is 1. The van der Waals surface area contributed by atoms with E-state index in [2.05, 4.69) is 40.7 Å². The van der Waals surface area contributed by atoms with Crippen LogP contribution in [-0.4, -0.2) is 33.7 Å². The standard InChI is InChI=1S/C17H19N2OS2/c1-13-6-2-3-7-14(13)18-12-17(20,15-8-4-10-21-15)19-9-5-11-22-16(18)19/h2-4,6-8,10,20H,5,9,11-12H2,1H3/q+1/t17-/m0/s1. The molecule has 0 aliphatic carbocycles. The molecule has 1 aromatic carbocycles. The molecule has 5 heteroatoms. The molecule has 2 aromatic rings. The van der Waals surface area contributed by atoms with Crippen LogP contribution < -0.4 is 4.90 Å². The van der Waals surface area contributed by atoms with Gasteiger partial charge in [0, 0.05) is 5.75 Å². The van der Waals surface area contributed by atoms with E-state index in [0.717, 1.165) is 23.6 Å². The van der Waals surface area contributed by atoms with Crippen LogP contribution in [0.3, 0.4) is 0 Å². The molecule has 0 radical (unpaired) electrons. The van der Waals surface area contributed by atoms with Crippen molar-refractivity contribution in [1.29, 1.82) is 0 Å². The summed E-state index contributed by atoms with van der Waals surface area (Å²) < 4.78 is 2.19. The number of β-amino-alcohol motifs (C(OH)–C–C–N with tert-alkyl or cyclic N) is 1. The second-order valence-electron chi connectivity index (χ2n) is 5.80. The lowest BCUT2D eigenvalue weighted by atomic mass is 10.1. The van der Waals surface area contributed by atoms with E-state index in [1.807, 2.05) is 29.3 Å². The Hall–Kier alpha value is -1.30. The Kier molecular flexibility index (Phi) is 3.51. The van der Waals surface area contributed by atoms with Crippen molar-refractivity contribution in [3.8, 4) is 0 Å². The van der Waals surface area contributed by atoms with Crippen LogP contribution in [0.5, 0.6) is 0 Å². The van der Waals surface area contributed by atoms with Crippen LogP contribution in [0.15, 0.2) is 41.8 Å². The fourth-order valence-corrected chi connectivity index (χ4v) is 5.27. The van der Waals surface area contributed by atoms with Gasteiger partial charge in [-0.2, -0.15) is 0 Å². The summed E-state index contributed by atoms with van der Waals surface area (Å²) in [5, 5.41) is 14.7. The van der Waals surface area contributed by atoms with Gasteiger partial charge >= 0.3 is 5.17 Å². The third-order valence-electron chi connectivity index (χ3n) is 4.37. The van der Waals surface area contributed by atoms with E-state index in [1.54, 1.807) is 11.3 Å². The number of rotatable bonds is 2. The molecular formula is C17H19N2OS2+. The molecule has 0 amide bonds. The van der Waals surface area contributed by atoms with Gasteiger partial charge in [0.2, 0.25) is 0 Å². The molecule has 0 saturated carbocycles. The van der Waals surface area contributed by atoms with Gasteiger partial charge < -0.3 is 5.11 Å². The lowest BCUT2D eigenvalue weighted by Gasteiger charge is -2.22. The first kappa shape index (κ1) is 14.3. The van der Waals surface area contributed by atoms with Gasteiger partial charge in [-0.05, 0) is 48.2 Å². The van der Waals surface area contributed by atoms with Gasteiger partial charge in [-0.3, -0.25) is 0 Å². The maximum atomic E-state index is 11.4. The van der Waals surface area contributed by atoms with E-state index >= 15 is 0 Å². The van der Waals surface area contributed by atoms with Crippen molar-refractivity contribution in [3.63, 3.8) is 0 Å². The lowest BCUT2D eigenvalue weighted by molar-refractivity contribution is -0.655. The second-order valence-corrected chi connectivity index (χ2v) is 7.81. The first-order valence-corrected chi connectivity index (χ1v) is 9.43. The average molecular weight is 331 g/mol. The van der Waals surface area contributed by atoms with Crippen LogP contribution in [0.1, 0.15) is 16.9 Å². The molecule has 0 unspecified atom stereocenters. The van der Waals surface area contributed by atoms with E-state index < -0.39 is 5.72 Å². The summed E-state index contributed by atoms with van der Waals surface area (Å²) in [5.41, 5.74) is 1.54. The first-order chi connectivity index (χ1) is 10.7. The highest BCUT2D eigenvalue weighted by Crippen LogP contribution is 2.39.